The fourth-order valence-electron chi connectivity index (χ4n) is 1.87. The molecule has 2 unspecified atom stereocenters. The van der Waals surface area contributed by atoms with Crippen LogP contribution in [0.1, 0.15) is 48.7 Å². The summed E-state index contributed by atoms with van der Waals surface area (Å²) in [6.45, 7) is 7.99. The van der Waals surface area contributed by atoms with E-state index in [1.807, 2.05) is 26.0 Å². The van der Waals surface area contributed by atoms with Crippen molar-refractivity contribution in [1.82, 2.24) is 5.32 Å². The number of nitrogens with one attached hydrogen (secondary N) is 1. The van der Waals surface area contributed by atoms with E-state index in [4.69, 9.17) is 5.11 Å². The summed E-state index contributed by atoms with van der Waals surface area (Å²) >= 11 is 0. The van der Waals surface area contributed by atoms with Crippen LogP contribution >= 0.6 is 0 Å². The summed E-state index contributed by atoms with van der Waals surface area (Å²) in [5.74, 6) is 5.79. The maximum absolute atomic E-state index is 12.3. The van der Waals surface area contributed by atoms with Crippen LogP contribution in [0.25, 0.3) is 0 Å². The minimum absolute atomic E-state index is 0.0667. The molecule has 0 radical (unpaired) electrons. The van der Waals surface area contributed by atoms with E-state index in [9.17, 15) is 4.79 Å². The van der Waals surface area contributed by atoms with E-state index in [1.165, 1.54) is 0 Å². The third-order valence-electron chi connectivity index (χ3n) is 3.65. The number of hydrogen-bond donors (Lipinski definition) is 2. The fraction of sp³-hybridized carbons (Fsp3) is 0.471. The predicted molar refractivity (Wildman–Crippen MR) is 81.5 cm³/mol. The number of rotatable bonds is 4. The fourth-order valence-corrected chi connectivity index (χ4v) is 1.87. The van der Waals surface area contributed by atoms with Crippen molar-refractivity contribution in [3.8, 4) is 11.8 Å². The highest BCUT2D eigenvalue weighted by Crippen LogP contribution is 2.13. The number of aryl methyl sites for hydroxylation is 1. The van der Waals surface area contributed by atoms with E-state index in [0.717, 1.165) is 17.5 Å². The van der Waals surface area contributed by atoms with Crippen LogP contribution in [0.4, 0.5) is 0 Å². The van der Waals surface area contributed by atoms with Gasteiger partial charge >= 0.3 is 0 Å². The molecule has 20 heavy (non-hydrogen) atoms. The maximum atomic E-state index is 12.3. The van der Waals surface area contributed by atoms with Crippen LogP contribution in [0.2, 0.25) is 0 Å². The highest BCUT2D eigenvalue weighted by molar-refractivity contribution is 5.96. The molecule has 2 atom stereocenters. The Labute approximate surface area is 121 Å². The van der Waals surface area contributed by atoms with Crippen molar-refractivity contribution in [2.75, 3.05) is 6.61 Å². The summed E-state index contributed by atoms with van der Waals surface area (Å²) in [5, 5.41) is 11.7. The highest BCUT2D eigenvalue weighted by atomic mass is 16.2. The first kappa shape index (κ1) is 16.3. The molecule has 0 aliphatic rings. The molecular weight excluding hydrogens is 250 g/mol. The van der Waals surface area contributed by atoms with Crippen molar-refractivity contribution in [3.05, 3.63) is 34.9 Å². The van der Waals surface area contributed by atoms with Crippen molar-refractivity contribution in [2.45, 2.75) is 40.2 Å². The van der Waals surface area contributed by atoms with E-state index in [0.29, 0.717) is 11.5 Å². The van der Waals surface area contributed by atoms with Gasteiger partial charge in [0.05, 0.1) is 0 Å². The molecule has 0 saturated carbocycles. The molecule has 0 aliphatic heterocycles. The van der Waals surface area contributed by atoms with Gasteiger partial charge in [-0.1, -0.05) is 38.2 Å². The summed E-state index contributed by atoms with van der Waals surface area (Å²) in [6.07, 6.45) is 1.03. The molecule has 0 bridgehead atoms. The Morgan fingerprint density at radius 1 is 1.40 bits per heavy atom. The molecule has 3 heteroatoms. The van der Waals surface area contributed by atoms with Crippen molar-refractivity contribution < 1.29 is 9.90 Å². The van der Waals surface area contributed by atoms with Gasteiger partial charge in [-0.2, -0.15) is 0 Å². The molecule has 0 saturated heterocycles. The zero-order chi connectivity index (χ0) is 15.1. The second kappa shape index (κ2) is 7.72. The van der Waals surface area contributed by atoms with Gasteiger partial charge in [0.25, 0.3) is 5.91 Å². The number of hydrogen-bond acceptors (Lipinski definition) is 2. The molecule has 1 amide bonds. The minimum atomic E-state index is -0.180. The molecule has 1 rings (SSSR count). The predicted octanol–water partition coefficient (Wildman–Crippen LogP) is 2.50. The third-order valence-corrected chi connectivity index (χ3v) is 3.65. The number of aliphatic hydroxyl groups excluding tert-OH is 1. The second-order valence-corrected chi connectivity index (χ2v) is 5.14. The van der Waals surface area contributed by atoms with Crippen molar-refractivity contribution in [2.24, 2.45) is 5.92 Å². The Balaban J connectivity index is 2.92. The van der Waals surface area contributed by atoms with E-state index in [-0.39, 0.29) is 18.6 Å². The number of benzene rings is 1. The monoisotopic (exact) mass is 273 g/mol. The zero-order valence-corrected chi connectivity index (χ0v) is 12.7. The molecule has 108 valence electrons. The van der Waals surface area contributed by atoms with Crippen LogP contribution < -0.4 is 5.32 Å². The van der Waals surface area contributed by atoms with Crippen molar-refractivity contribution in [3.63, 3.8) is 0 Å². The van der Waals surface area contributed by atoms with E-state index in [1.54, 1.807) is 6.07 Å². The average Bonchev–Trinajstić information content (AvgIpc) is 2.45. The van der Waals surface area contributed by atoms with Gasteiger partial charge in [-0.25, -0.2) is 0 Å². The van der Waals surface area contributed by atoms with Gasteiger partial charge in [0, 0.05) is 17.2 Å². The lowest BCUT2D eigenvalue weighted by Gasteiger charge is -2.20. The lowest BCUT2D eigenvalue weighted by Crippen LogP contribution is -2.37. The summed E-state index contributed by atoms with van der Waals surface area (Å²) in [7, 11) is 0. The molecule has 3 nitrogen and oxygen atoms in total. The van der Waals surface area contributed by atoms with Gasteiger partial charge in [-0.05, 0) is 37.5 Å². The molecule has 0 spiro atoms. The summed E-state index contributed by atoms with van der Waals surface area (Å²) in [5.41, 5.74) is 2.31. The lowest BCUT2D eigenvalue weighted by atomic mass is 9.99. The van der Waals surface area contributed by atoms with Crippen LogP contribution in [-0.2, 0) is 0 Å². The van der Waals surface area contributed by atoms with Crippen LogP contribution in [0.3, 0.4) is 0 Å². The second-order valence-electron chi connectivity index (χ2n) is 5.14. The van der Waals surface area contributed by atoms with Crippen LogP contribution in [0, 0.1) is 24.7 Å². The molecule has 2 N–H and O–H groups in total. The quantitative estimate of drug-likeness (QED) is 0.828. The number of carbonyl (C=O) groups is 1. The molecule has 1 aromatic carbocycles. The number of amides is 1. The number of aliphatic hydroxyl groups is 1. The van der Waals surface area contributed by atoms with Gasteiger partial charge in [0.1, 0.15) is 6.61 Å². The average molecular weight is 273 g/mol. The normalized spacial score (nSPS) is 13.1. The Morgan fingerprint density at radius 2 is 2.10 bits per heavy atom. The maximum Gasteiger partial charge on any atom is 0.251 e. The first-order chi connectivity index (χ1) is 9.49. The topological polar surface area (TPSA) is 49.3 Å². The largest absolute Gasteiger partial charge is 0.384 e. The Morgan fingerprint density at radius 3 is 2.70 bits per heavy atom. The standard InChI is InChI=1S/C17H23NO2/c1-5-12(2)14(4)18-17(20)16-11-15(7-6-10-19)9-8-13(16)3/h8-9,11-12,14,19H,5,10H2,1-4H3,(H,18,20). The van der Waals surface area contributed by atoms with Crippen LogP contribution in [0.15, 0.2) is 18.2 Å². The van der Waals surface area contributed by atoms with Crippen molar-refractivity contribution >= 4 is 5.91 Å². The smallest absolute Gasteiger partial charge is 0.251 e. The molecule has 0 fully saturated rings. The van der Waals surface area contributed by atoms with Crippen LogP contribution in [0.5, 0.6) is 0 Å². The Kier molecular flexibility index (Phi) is 6.27. The molecule has 0 aromatic heterocycles. The highest BCUT2D eigenvalue weighted by Gasteiger charge is 2.16. The molecule has 0 heterocycles. The Hall–Kier alpha value is -1.79. The SMILES string of the molecule is CCC(C)C(C)NC(=O)c1cc(C#CCO)ccc1C. The van der Waals surface area contributed by atoms with E-state index >= 15 is 0 Å². The summed E-state index contributed by atoms with van der Waals surface area (Å²) in [4.78, 5) is 12.3. The third kappa shape index (κ3) is 4.40. The summed E-state index contributed by atoms with van der Waals surface area (Å²) < 4.78 is 0. The van der Waals surface area contributed by atoms with Crippen molar-refractivity contribution in [1.29, 1.82) is 0 Å². The van der Waals surface area contributed by atoms with Gasteiger partial charge < -0.3 is 10.4 Å². The van der Waals surface area contributed by atoms with Crippen LogP contribution in [-0.4, -0.2) is 23.7 Å². The molecule has 1 aromatic rings. The minimum Gasteiger partial charge on any atom is -0.384 e. The Bertz CT molecular complexity index is 526. The molecular formula is C17H23NO2. The first-order valence-corrected chi connectivity index (χ1v) is 7.00. The molecule has 0 aliphatic carbocycles. The van der Waals surface area contributed by atoms with Gasteiger partial charge in [-0.3, -0.25) is 4.79 Å². The lowest BCUT2D eigenvalue weighted by molar-refractivity contribution is 0.0927. The van der Waals surface area contributed by atoms with E-state index < -0.39 is 0 Å². The zero-order valence-electron chi connectivity index (χ0n) is 12.7. The van der Waals surface area contributed by atoms with E-state index in [2.05, 4.69) is 31.0 Å². The first-order valence-electron chi connectivity index (χ1n) is 7.00. The summed E-state index contributed by atoms with van der Waals surface area (Å²) in [6, 6.07) is 5.65. The van der Waals surface area contributed by atoms with Gasteiger partial charge in [-0.15, -0.1) is 0 Å². The number of carbonyl (C=O) groups excluding carboxylic acids is 1. The van der Waals surface area contributed by atoms with Gasteiger partial charge in [0.15, 0.2) is 0 Å². The van der Waals surface area contributed by atoms with Gasteiger partial charge in [0.2, 0.25) is 0 Å².